The fourth-order valence-electron chi connectivity index (χ4n) is 3.77. The van der Waals surface area contributed by atoms with Gasteiger partial charge in [-0.2, -0.15) is 0 Å². The van der Waals surface area contributed by atoms with Gasteiger partial charge in [-0.3, -0.25) is 9.59 Å². The fraction of sp³-hybridized carbons (Fsp3) is 0.421. The predicted octanol–water partition coefficient (Wildman–Crippen LogP) is 1.93. The lowest BCUT2D eigenvalue weighted by Gasteiger charge is -2.44. The third-order valence-electron chi connectivity index (χ3n) is 5.09. The van der Waals surface area contributed by atoms with Gasteiger partial charge in [0.05, 0.1) is 24.5 Å². The number of hydrogen-bond donors (Lipinski definition) is 3. The number of carboxylic acids is 1. The maximum Gasteiger partial charge on any atom is 0.353 e. The van der Waals surface area contributed by atoms with Gasteiger partial charge in [-0.25, -0.2) is 4.79 Å². The second-order valence-corrected chi connectivity index (χ2v) is 8.21. The van der Waals surface area contributed by atoms with Crippen molar-refractivity contribution in [1.29, 1.82) is 0 Å². The molecule has 1 aromatic rings. The number of azide groups is 1. The molecule has 2 aliphatic rings. The lowest BCUT2D eigenvalue weighted by molar-refractivity contribution is -0.161. The highest BCUT2D eigenvalue weighted by atomic mass is 32.2. The standard InChI is InChI=1S/C19H21N5O5S/c1-10(25)16-13-9-14(17(19(28)29)24(13)18(16)27)30-7-6-21-15(26)8-11-4-2-3-5-12(11)22-23-20/h2-5,10,13,16,25H,6-9H2,1H3,(H,21,26)(H,28,29)/t10-,13-,16-/m1/s1. The number of fused-ring (bicyclic) bond motifs is 1. The minimum atomic E-state index is -1.17. The second kappa shape index (κ2) is 9.21. The van der Waals surface area contributed by atoms with Crippen molar-refractivity contribution in [3.63, 3.8) is 0 Å². The average molecular weight is 431 g/mol. The highest BCUT2D eigenvalue weighted by Gasteiger charge is 2.56. The summed E-state index contributed by atoms with van der Waals surface area (Å²) in [7, 11) is 0. The number of aliphatic hydroxyl groups excluding tert-OH is 1. The zero-order valence-corrected chi connectivity index (χ0v) is 17.0. The predicted molar refractivity (Wildman–Crippen MR) is 110 cm³/mol. The number of carboxylic acid groups (broad SMARTS) is 1. The van der Waals surface area contributed by atoms with Crippen LogP contribution < -0.4 is 5.32 Å². The maximum absolute atomic E-state index is 12.2. The molecule has 0 aromatic heterocycles. The first-order valence-electron chi connectivity index (χ1n) is 9.35. The number of hydrogen-bond acceptors (Lipinski definition) is 6. The molecule has 1 fully saturated rings. The number of amides is 2. The van der Waals surface area contributed by atoms with Crippen molar-refractivity contribution in [1.82, 2.24) is 10.2 Å². The molecule has 0 unspecified atom stereocenters. The zero-order valence-electron chi connectivity index (χ0n) is 16.2. The van der Waals surface area contributed by atoms with Crippen LogP contribution in [0.25, 0.3) is 10.4 Å². The summed E-state index contributed by atoms with van der Waals surface area (Å²) in [4.78, 5) is 40.6. The molecule has 2 heterocycles. The molecule has 0 aliphatic carbocycles. The molecule has 3 rings (SSSR count). The lowest BCUT2D eigenvalue weighted by atomic mass is 9.83. The zero-order chi connectivity index (χ0) is 21.8. The van der Waals surface area contributed by atoms with Crippen LogP contribution in [-0.4, -0.2) is 57.3 Å². The Morgan fingerprint density at radius 1 is 1.43 bits per heavy atom. The molecule has 0 radical (unpaired) electrons. The van der Waals surface area contributed by atoms with Gasteiger partial charge in [-0.1, -0.05) is 29.4 Å². The van der Waals surface area contributed by atoms with Crippen LogP contribution in [0.4, 0.5) is 5.69 Å². The molecule has 3 atom stereocenters. The van der Waals surface area contributed by atoms with Crippen LogP contribution >= 0.6 is 11.8 Å². The van der Waals surface area contributed by atoms with Gasteiger partial charge in [0.15, 0.2) is 0 Å². The van der Waals surface area contributed by atoms with Crippen molar-refractivity contribution in [2.45, 2.75) is 31.9 Å². The summed E-state index contributed by atoms with van der Waals surface area (Å²) >= 11 is 1.29. The summed E-state index contributed by atoms with van der Waals surface area (Å²) in [6.45, 7) is 1.84. The van der Waals surface area contributed by atoms with E-state index >= 15 is 0 Å². The summed E-state index contributed by atoms with van der Waals surface area (Å²) in [6, 6.07) is 6.48. The van der Waals surface area contributed by atoms with E-state index in [1.165, 1.54) is 23.6 Å². The van der Waals surface area contributed by atoms with E-state index in [4.69, 9.17) is 5.53 Å². The van der Waals surface area contributed by atoms with Crippen molar-refractivity contribution in [3.8, 4) is 0 Å². The monoisotopic (exact) mass is 431 g/mol. The first-order chi connectivity index (χ1) is 14.3. The molecule has 0 bridgehead atoms. The summed E-state index contributed by atoms with van der Waals surface area (Å²) in [5.41, 5.74) is 9.57. The molecule has 2 amide bonds. The van der Waals surface area contributed by atoms with Gasteiger partial charge >= 0.3 is 5.97 Å². The topological polar surface area (TPSA) is 156 Å². The third-order valence-corrected chi connectivity index (χ3v) is 6.20. The Labute approximate surface area is 176 Å². The van der Waals surface area contributed by atoms with Crippen molar-refractivity contribution < 1.29 is 24.6 Å². The minimum Gasteiger partial charge on any atom is -0.477 e. The van der Waals surface area contributed by atoms with Crippen LogP contribution in [0.3, 0.4) is 0 Å². The molecule has 2 aliphatic heterocycles. The molecule has 0 spiro atoms. The number of nitrogens with one attached hydrogen (secondary N) is 1. The van der Waals surface area contributed by atoms with Crippen LogP contribution in [0.15, 0.2) is 40.0 Å². The lowest BCUT2D eigenvalue weighted by Crippen LogP contribution is -2.61. The Morgan fingerprint density at radius 2 is 2.17 bits per heavy atom. The van der Waals surface area contributed by atoms with Gasteiger partial charge in [0.2, 0.25) is 11.8 Å². The van der Waals surface area contributed by atoms with E-state index < -0.39 is 18.0 Å². The van der Waals surface area contributed by atoms with Crippen molar-refractivity contribution in [2.75, 3.05) is 12.3 Å². The Hall–Kier alpha value is -3.01. The first kappa shape index (κ1) is 21.7. The van der Waals surface area contributed by atoms with Crippen molar-refractivity contribution >= 4 is 35.2 Å². The van der Waals surface area contributed by atoms with Gasteiger partial charge in [0, 0.05) is 34.2 Å². The number of nitrogens with zero attached hydrogens (tertiary/aromatic N) is 4. The Balaban J connectivity index is 1.53. The summed E-state index contributed by atoms with van der Waals surface area (Å²) < 4.78 is 0. The van der Waals surface area contributed by atoms with Crippen LogP contribution in [0.2, 0.25) is 0 Å². The van der Waals surface area contributed by atoms with E-state index in [1.54, 1.807) is 24.3 Å². The average Bonchev–Trinajstić information content (AvgIpc) is 3.01. The Morgan fingerprint density at radius 3 is 2.83 bits per heavy atom. The molecule has 3 N–H and O–H groups in total. The molecular weight excluding hydrogens is 410 g/mol. The van der Waals surface area contributed by atoms with Crippen LogP contribution in [0.5, 0.6) is 0 Å². The number of aliphatic carboxylic acids is 1. The Kier molecular flexibility index (Phi) is 6.66. The molecule has 1 saturated heterocycles. The van der Waals surface area contributed by atoms with E-state index in [0.29, 0.717) is 34.9 Å². The molecule has 158 valence electrons. The number of rotatable bonds is 9. The second-order valence-electron chi connectivity index (χ2n) is 7.02. The van der Waals surface area contributed by atoms with E-state index in [-0.39, 0.29) is 30.0 Å². The number of carbonyl (C=O) groups is 3. The maximum atomic E-state index is 12.2. The van der Waals surface area contributed by atoms with Gasteiger partial charge in [-0.15, -0.1) is 11.8 Å². The molecule has 30 heavy (non-hydrogen) atoms. The summed E-state index contributed by atoms with van der Waals surface area (Å²) in [5, 5.41) is 25.6. The molecule has 1 aromatic carbocycles. The highest BCUT2D eigenvalue weighted by Crippen LogP contribution is 2.46. The summed E-state index contributed by atoms with van der Waals surface area (Å²) in [6.07, 6.45) is -0.379. The molecule has 11 heteroatoms. The quantitative estimate of drug-likeness (QED) is 0.178. The number of carbonyl (C=O) groups excluding carboxylic acids is 2. The van der Waals surface area contributed by atoms with Gasteiger partial charge < -0.3 is 20.4 Å². The van der Waals surface area contributed by atoms with Crippen molar-refractivity contribution in [2.24, 2.45) is 11.0 Å². The minimum absolute atomic E-state index is 0.0264. The number of β-lactam (4-membered cyclic amide) rings is 1. The fourth-order valence-corrected chi connectivity index (χ4v) is 4.83. The van der Waals surface area contributed by atoms with Crippen LogP contribution in [0.1, 0.15) is 18.9 Å². The highest BCUT2D eigenvalue weighted by molar-refractivity contribution is 8.03. The first-order valence-corrected chi connectivity index (χ1v) is 10.3. The number of aliphatic hydroxyl groups is 1. The third kappa shape index (κ3) is 4.28. The smallest absolute Gasteiger partial charge is 0.353 e. The largest absolute Gasteiger partial charge is 0.477 e. The van der Waals surface area contributed by atoms with Gasteiger partial charge in [0.25, 0.3) is 0 Å². The van der Waals surface area contributed by atoms with E-state index in [2.05, 4.69) is 15.3 Å². The molecular formula is C19H21N5O5S. The SMILES string of the molecule is C[C@@H](O)[C@H]1C(=O)N2C(C(=O)O)=C(SCCNC(=O)Cc3ccccc3N=[N+]=[N-])C[C@H]12. The molecule has 0 saturated carbocycles. The number of benzene rings is 1. The molecule has 10 nitrogen and oxygen atoms in total. The van der Waals surface area contributed by atoms with E-state index in [1.807, 2.05) is 0 Å². The van der Waals surface area contributed by atoms with Gasteiger partial charge in [-0.05, 0) is 18.0 Å². The van der Waals surface area contributed by atoms with Crippen molar-refractivity contribution in [3.05, 3.63) is 50.9 Å². The van der Waals surface area contributed by atoms with Gasteiger partial charge in [0.1, 0.15) is 5.70 Å². The summed E-state index contributed by atoms with van der Waals surface area (Å²) in [5.74, 6) is -1.92. The van der Waals surface area contributed by atoms with E-state index in [0.717, 1.165) is 0 Å². The van der Waals surface area contributed by atoms with Crippen LogP contribution in [-0.2, 0) is 20.8 Å². The number of thioether (sulfide) groups is 1. The normalized spacial score (nSPS) is 20.9. The van der Waals surface area contributed by atoms with E-state index in [9.17, 15) is 24.6 Å². The Bertz CT molecular complexity index is 956. The van der Waals surface area contributed by atoms with Crippen LogP contribution in [0, 0.1) is 5.92 Å².